The number of phenols is 1. The van der Waals surface area contributed by atoms with Gasteiger partial charge in [-0.25, -0.2) is 9.69 Å². The third-order valence-electron chi connectivity index (χ3n) is 7.79. The summed E-state index contributed by atoms with van der Waals surface area (Å²) in [6.07, 6.45) is -0.640. The minimum absolute atomic E-state index is 0.0749. The standard InChI is InChI=1S/C33H34N6O7/c34-24(14-20-10-12-22(40)13-11-20)30(42)37-18-28-32(44)39(33(45)46-28)27(16-21-17-36-25-9-5-4-8-23(21)25)31(43)38-26(29(35)41)15-19-6-2-1-3-7-19/h1-13,17,24,26-28,36,40H,14-16,18,34H2,(H2,35,41)(H,37,42)(H,38,43)/t24-,26-,27-,28+/m0/s1. The molecule has 4 atom stereocenters. The molecule has 0 spiro atoms. The van der Waals surface area contributed by atoms with Crippen molar-refractivity contribution < 1.29 is 33.8 Å². The molecule has 0 radical (unpaired) electrons. The van der Waals surface area contributed by atoms with Crippen LogP contribution in [-0.2, 0) is 43.2 Å². The molecule has 13 nitrogen and oxygen atoms in total. The summed E-state index contributed by atoms with van der Waals surface area (Å²) >= 11 is 0. The number of amides is 5. The van der Waals surface area contributed by atoms with Crippen LogP contribution in [0.15, 0.2) is 85.1 Å². The summed E-state index contributed by atoms with van der Waals surface area (Å²) in [6, 6.07) is 19.0. The van der Waals surface area contributed by atoms with Crippen molar-refractivity contribution in [3.05, 3.63) is 102 Å². The third kappa shape index (κ3) is 7.33. The number of hydrogen-bond donors (Lipinski definition) is 6. The second-order valence-electron chi connectivity index (χ2n) is 11.0. The fraction of sp³-hybridized carbons (Fsp3) is 0.242. The van der Waals surface area contributed by atoms with Crippen molar-refractivity contribution >= 4 is 40.6 Å². The van der Waals surface area contributed by atoms with Crippen LogP contribution in [0, 0.1) is 0 Å². The number of nitrogens with two attached hydrogens (primary N) is 2. The number of carbonyl (C=O) groups excluding carboxylic acids is 5. The van der Waals surface area contributed by atoms with Gasteiger partial charge in [-0.1, -0.05) is 60.7 Å². The van der Waals surface area contributed by atoms with E-state index in [1.807, 2.05) is 30.3 Å². The van der Waals surface area contributed by atoms with E-state index < -0.39 is 54.0 Å². The first-order valence-electron chi connectivity index (χ1n) is 14.6. The Bertz CT molecular complexity index is 1740. The molecule has 13 heteroatoms. The summed E-state index contributed by atoms with van der Waals surface area (Å²) in [6.45, 7) is -0.372. The molecule has 238 valence electrons. The second-order valence-corrected chi connectivity index (χ2v) is 11.0. The van der Waals surface area contributed by atoms with Gasteiger partial charge in [-0.3, -0.25) is 19.2 Å². The molecule has 0 bridgehead atoms. The molecule has 46 heavy (non-hydrogen) atoms. The SMILES string of the molecule is NC(=O)[C@H](Cc1ccccc1)NC(=O)[C@H](Cc1c[nH]c2ccccc12)N1C(=O)O[C@H](CNC(=O)[C@@H](N)Cc2ccc(O)cc2)C1=O. The van der Waals surface area contributed by atoms with Crippen LogP contribution in [-0.4, -0.2) is 75.5 Å². The van der Waals surface area contributed by atoms with Gasteiger partial charge in [0.15, 0.2) is 6.10 Å². The molecular formula is C33H34N6O7. The van der Waals surface area contributed by atoms with E-state index in [-0.39, 0.29) is 31.6 Å². The van der Waals surface area contributed by atoms with E-state index in [0.29, 0.717) is 16.0 Å². The van der Waals surface area contributed by atoms with Crippen LogP contribution in [0.1, 0.15) is 16.7 Å². The Balaban J connectivity index is 1.32. The first-order valence-corrected chi connectivity index (χ1v) is 14.6. The summed E-state index contributed by atoms with van der Waals surface area (Å²) in [5.41, 5.74) is 14.5. The monoisotopic (exact) mass is 626 g/mol. The normalized spacial score (nSPS) is 16.5. The Labute approximate surface area is 263 Å². The van der Waals surface area contributed by atoms with E-state index in [0.717, 1.165) is 16.5 Å². The van der Waals surface area contributed by atoms with Crippen molar-refractivity contribution in [1.29, 1.82) is 0 Å². The molecule has 3 aromatic carbocycles. The molecule has 5 rings (SSSR count). The Kier molecular flexibility index (Phi) is 9.62. The van der Waals surface area contributed by atoms with Gasteiger partial charge < -0.3 is 36.9 Å². The number of H-pyrrole nitrogens is 1. The molecule has 4 aromatic rings. The van der Waals surface area contributed by atoms with Crippen molar-refractivity contribution in [3.63, 3.8) is 0 Å². The topological polar surface area (TPSA) is 210 Å². The number of hydrogen-bond acceptors (Lipinski definition) is 8. The zero-order valence-corrected chi connectivity index (χ0v) is 24.7. The minimum atomic E-state index is -1.41. The minimum Gasteiger partial charge on any atom is -0.508 e. The molecule has 2 heterocycles. The van der Waals surface area contributed by atoms with Crippen LogP contribution in [0.2, 0.25) is 0 Å². The zero-order chi connectivity index (χ0) is 32.8. The lowest BCUT2D eigenvalue weighted by Crippen LogP contribution is -2.56. The van der Waals surface area contributed by atoms with Crippen LogP contribution < -0.4 is 22.1 Å². The lowest BCUT2D eigenvalue weighted by Gasteiger charge is -2.26. The number of imide groups is 1. The van der Waals surface area contributed by atoms with Crippen molar-refractivity contribution in [2.75, 3.05) is 6.54 Å². The van der Waals surface area contributed by atoms with E-state index in [2.05, 4.69) is 15.6 Å². The predicted molar refractivity (Wildman–Crippen MR) is 167 cm³/mol. The Morgan fingerprint density at radius 3 is 2.28 bits per heavy atom. The average Bonchev–Trinajstić information content (AvgIpc) is 3.58. The largest absolute Gasteiger partial charge is 0.508 e. The molecule has 8 N–H and O–H groups in total. The number of fused-ring (bicyclic) bond motifs is 1. The molecule has 1 aliphatic heterocycles. The first kappa shape index (κ1) is 31.7. The summed E-state index contributed by atoms with van der Waals surface area (Å²) in [5.74, 6) is -2.92. The maximum Gasteiger partial charge on any atom is 0.418 e. The molecule has 1 fully saturated rings. The molecular weight excluding hydrogens is 592 g/mol. The van der Waals surface area contributed by atoms with Gasteiger partial charge in [-0.15, -0.1) is 0 Å². The number of aromatic nitrogens is 1. The lowest BCUT2D eigenvalue weighted by molar-refractivity contribution is -0.137. The van der Waals surface area contributed by atoms with E-state index in [4.69, 9.17) is 16.2 Å². The Morgan fingerprint density at radius 1 is 0.891 bits per heavy atom. The van der Waals surface area contributed by atoms with Gasteiger partial charge in [-0.05, 0) is 41.3 Å². The number of para-hydroxylation sites is 1. The fourth-order valence-corrected chi connectivity index (χ4v) is 5.34. The van der Waals surface area contributed by atoms with Crippen LogP contribution >= 0.6 is 0 Å². The van der Waals surface area contributed by atoms with E-state index in [9.17, 15) is 29.1 Å². The average molecular weight is 627 g/mol. The van der Waals surface area contributed by atoms with Crippen molar-refractivity contribution in [3.8, 4) is 5.75 Å². The smallest absolute Gasteiger partial charge is 0.418 e. The van der Waals surface area contributed by atoms with Crippen molar-refractivity contribution in [2.45, 2.75) is 43.5 Å². The van der Waals surface area contributed by atoms with Gasteiger partial charge in [0.2, 0.25) is 17.7 Å². The second kappa shape index (κ2) is 13.9. The van der Waals surface area contributed by atoms with Gasteiger partial charge in [0.05, 0.1) is 12.6 Å². The number of aromatic hydroxyl groups is 1. The number of primary amides is 1. The molecule has 0 unspecified atom stereocenters. The lowest BCUT2D eigenvalue weighted by atomic mass is 10.0. The van der Waals surface area contributed by atoms with Crippen LogP contribution in [0.4, 0.5) is 4.79 Å². The summed E-state index contributed by atoms with van der Waals surface area (Å²) in [5, 5.41) is 15.4. The predicted octanol–water partition coefficient (Wildman–Crippen LogP) is 1.03. The molecule has 1 aliphatic rings. The highest BCUT2D eigenvalue weighted by Crippen LogP contribution is 2.24. The maximum atomic E-state index is 13.8. The van der Waals surface area contributed by atoms with Gasteiger partial charge in [0, 0.05) is 29.9 Å². The fourth-order valence-electron chi connectivity index (χ4n) is 5.34. The van der Waals surface area contributed by atoms with Crippen molar-refractivity contribution in [2.24, 2.45) is 11.5 Å². The van der Waals surface area contributed by atoms with Crippen LogP contribution in [0.3, 0.4) is 0 Å². The number of rotatable bonds is 13. The van der Waals surface area contributed by atoms with Gasteiger partial charge in [-0.2, -0.15) is 0 Å². The first-order chi connectivity index (χ1) is 22.1. The number of carbonyl (C=O) groups is 5. The summed E-state index contributed by atoms with van der Waals surface area (Å²) in [7, 11) is 0. The molecule has 0 aliphatic carbocycles. The quantitative estimate of drug-likeness (QED) is 0.126. The zero-order valence-electron chi connectivity index (χ0n) is 24.7. The maximum absolute atomic E-state index is 13.8. The number of benzene rings is 3. The summed E-state index contributed by atoms with van der Waals surface area (Å²) in [4.78, 5) is 69.4. The molecule has 5 amide bonds. The Morgan fingerprint density at radius 2 is 1.57 bits per heavy atom. The number of ether oxygens (including phenoxy) is 1. The summed E-state index contributed by atoms with van der Waals surface area (Å²) < 4.78 is 5.31. The molecule has 0 saturated carbocycles. The third-order valence-corrected chi connectivity index (χ3v) is 7.79. The number of nitrogens with one attached hydrogen (secondary N) is 3. The highest BCUT2D eigenvalue weighted by Gasteiger charge is 2.47. The van der Waals surface area contributed by atoms with E-state index in [1.54, 1.807) is 42.6 Å². The number of nitrogens with zero attached hydrogens (tertiary/aromatic N) is 1. The highest BCUT2D eigenvalue weighted by molar-refractivity contribution is 6.05. The van der Waals surface area contributed by atoms with Crippen LogP contribution in [0.5, 0.6) is 5.75 Å². The molecule has 1 saturated heterocycles. The van der Waals surface area contributed by atoms with E-state index >= 15 is 0 Å². The van der Waals surface area contributed by atoms with Gasteiger partial charge in [0.25, 0.3) is 5.91 Å². The Hall–Kier alpha value is -5.69. The number of cyclic esters (lactones) is 1. The van der Waals surface area contributed by atoms with Gasteiger partial charge >= 0.3 is 6.09 Å². The van der Waals surface area contributed by atoms with E-state index in [1.165, 1.54) is 12.1 Å². The number of phenolic OH excluding ortho intramolecular Hbond substituents is 1. The molecule has 1 aromatic heterocycles. The van der Waals surface area contributed by atoms with Crippen molar-refractivity contribution in [1.82, 2.24) is 20.5 Å². The highest BCUT2D eigenvalue weighted by atomic mass is 16.6. The van der Waals surface area contributed by atoms with Crippen LogP contribution in [0.25, 0.3) is 10.9 Å². The van der Waals surface area contributed by atoms with Gasteiger partial charge in [0.1, 0.15) is 17.8 Å². The number of aromatic amines is 1.